The van der Waals surface area contributed by atoms with Gasteiger partial charge >= 0.3 is 0 Å². The molecule has 4 rings (SSSR count). The van der Waals surface area contributed by atoms with Gasteiger partial charge in [-0.05, 0) is 91.0 Å². The highest BCUT2D eigenvalue weighted by molar-refractivity contribution is 7.86. The molecule has 37 heavy (non-hydrogen) atoms. The fourth-order valence-electron chi connectivity index (χ4n) is 3.45. The van der Waals surface area contributed by atoms with E-state index in [9.17, 15) is 25.9 Å². The molecule has 0 aliphatic heterocycles. The van der Waals surface area contributed by atoms with Crippen molar-refractivity contribution in [2.24, 2.45) is 20.5 Å². The van der Waals surface area contributed by atoms with Gasteiger partial charge in [0.2, 0.25) is 0 Å². The Hall–Kier alpha value is -4.04. The van der Waals surface area contributed by atoms with E-state index in [1.807, 2.05) is 26.0 Å². The van der Waals surface area contributed by atoms with Crippen LogP contribution < -0.4 is 5.73 Å². The topological polar surface area (TPSA) is 184 Å². The Kier molecular flexibility index (Phi) is 6.88. The fraction of sp³-hybridized carbons (Fsp3) is 0.0833. The maximum atomic E-state index is 11.8. The van der Waals surface area contributed by atoms with Gasteiger partial charge in [0.25, 0.3) is 20.2 Å². The van der Waals surface area contributed by atoms with Crippen LogP contribution >= 0.6 is 0 Å². The number of nitrogen functional groups attached to an aromatic ring is 1. The van der Waals surface area contributed by atoms with Gasteiger partial charge in [0.05, 0.1) is 27.6 Å². The molecule has 0 atom stereocenters. The first-order valence-electron chi connectivity index (χ1n) is 10.6. The van der Waals surface area contributed by atoms with Gasteiger partial charge in [-0.3, -0.25) is 9.11 Å². The lowest BCUT2D eigenvalue weighted by molar-refractivity contribution is 0.482. The number of fused-ring (bicyclic) bond motifs is 1. The molecular weight excluding hydrogens is 518 g/mol. The second kappa shape index (κ2) is 9.78. The molecule has 0 bridgehead atoms. The molecule has 13 heteroatoms. The summed E-state index contributed by atoms with van der Waals surface area (Å²) < 4.78 is 65.5. The third-order valence-corrected chi connectivity index (χ3v) is 7.16. The van der Waals surface area contributed by atoms with Crippen molar-refractivity contribution in [3.63, 3.8) is 0 Å². The molecule has 0 aromatic heterocycles. The highest BCUT2D eigenvalue weighted by Crippen LogP contribution is 2.32. The standard InChI is InChI=1S/C24H21N5O6S2/c1-14-10-23(15(2)9-22(14)25)29-27-18-7-5-17(6-8-18)26-28-19-4-3-16-11-20(36(30,31)32)13-24(21(16)12-19)37(33,34)35/h3-13H,25H2,1-2H3,(H,30,31,32)(H,33,34,35). The molecule has 0 unspecified atom stereocenters. The van der Waals surface area contributed by atoms with Gasteiger partial charge in [-0.2, -0.15) is 37.3 Å². The first-order chi connectivity index (χ1) is 17.3. The lowest BCUT2D eigenvalue weighted by Gasteiger charge is -2.07. The lowest BCUT2D eigenvalue weighted by atomic mass is 10.1. The SMILES string of the molecule is Cc1cc(N=Nc2ccc(N=Nc3ccc4cc(S(=O)(=O)O)cc(S(=O)(=O)O)c4c3)cc2)c(C)cc1N. The first kappa shape index (κ1) is 26.0. The zero-order valence-corrected chi connectivity index (χ0v) is 21.2. The number of hydrogen-bond acceptors (Lipinski definition) is 9. The van der Waals surface area contributed by atoms with Gasteiger partial charge in [-0.1, -0.05) is 6.07 Å². The Morgan fingerprint density at radius 3 is 1.81 bits per heavy atom. The van der Waals surface area contributed by atoms with Crippen LogP contribution in [0.25, 0.3) is 10.8 Å². The van der Waals surface area contributed by atoms with Crippen molar-refractivity contribution in [3.05, 3.63) is 77.9 Å². The van der Waals surface area contributed by atoms with Crippen molar-refractivity contribution < 1.29 is 25.9 Å². The van der Waals surface area contributed by atoms with E-state index in [1.54, 1.807) is 24.3 Å². The van der Waals surface area contributed by atoms with E-state index < -0.39 is 30.0 Å². The maximum absolute atomic E-state index is 11.8. The summed E-state index contributed by atoms with van der Waals surface area (Å²) in [4.78, 5) is -1.35. The molecule has 0 fully saturated rings. The van der Waals surface area contributed by atoms with Gasteiger partial charge in [0.15, 0.2) is 0 Å². The summed E-state index contributed by atoms with van der Waals surface area (Å²) >= 11 is 0. The van der Waals surface area contributed by atoms with Gasteiger partial charge in [-0.25, -0.2) is 0 Å². The number of nitrogens with zero attached hydrogens (tertiary/aromatic N) is 4. The summed E-state index contributed by atoms with van der Waals surface area (Å²) in [5.74, 6) is 0. The highest BCUT2D eigenvalue weighted by Gasteiger charge is 2.20. The van der Waals surface area contributed by atoms with Crippen LogP contribution in [0.2, 0.25) is 0 Å². The number of anilines is 1. The summed E-state index contributed by atoms with van der Waals surface area (Å²) in [6.07, 6.45) is 0. The molecule has 4 aromatic rings. The predicted octanol–water partition coefficient (Wildman–Crippen LogP) is 6.36. The van der Waals surface area contributed by atoms with Gasteiger partial charge < -0.3 is 5.73 Å². The van der Waals surface area contributed by atoms with Crippen LogP contribution in [-0.2, 0) is 20.2 Å². The molecule has 4 aromatic carbocycles. The molecular formula is C24H21N5O6S2. The summed E-state index contributed by atoms with van der Waals surface area (Å²) in [5, 5.41) is 16.9. The van der Waals surface area contributed by atoms with Crippen LogP contribution in [0.15, 0.2) is 97.0 Å². The molecule has 0 saturated carbocycles. The summed E-state index contributed by atoms with van der Waals surface area (Å²) in [6, 6.07) is 16.4. The van der Waals surface area contributed by atoms with Crippen LogP contribution in [0, 0.1) is 13.8 Å². The molecule has 4 N–H and O–H groups in total. The number of nitrogens with two attached hydrogens (primary N) is 1. The fourth-order valence-corrected chi connectivity index (χ4v) is 4.80. The zero-order chi connectivity index (χ0) is 27.0. The lowest BCUT2D eigenvalue weighted by Crippen LogP contribution is -2.04. The average molecular weight is 540 g/mol. The van der Waals surface area contributed by atoms with E-state index in [2.05, 4.69) is 20.5 Å². The Balaban J connectivity index is 1.60. The van der Waals surface area contributed by atoms with Crippen LogP contribution in [0.3, 0.4) is 0 Å². The third-order valence-electron chi connectivity index (χ3n) is 5.44. The minimum absolute atomic E-state index is 0.00954. The van der Waals surface area contributed by atoms with Crippen LogP contribution in [0.5, 0.6) is 0 Å². The smallest absolute Gasteiger partial charge is 0.295 e. The number of hydrogen-bond donors (Lipinski definition) is 3. The number of aryl methyl sites for hydroxylation is 2. The molecule has 190 valence electrons. The Morgan fingerprint density at radius 1 is 0.649 bits per heavy atom. The largest absolute Gasteiger partial charge is 0.399 e. The van der Waals surface area contributed by atoms with Crippen LogP contribution in [-0.4, -0.2) is 25.9 Å². The summed E-state index contributed by atoms with van der Waals surface area (Å²) in [5.41, 5.74) is 10.4. The van der Waals surface area contributed by atoms with E-state index in [4.69, 9.17) is 5.73 Å². The Bertz CT molecular complexity index is 1800. The number of benzene rings is 4. The quantitative estimate of drug-likeness (QED) is 0.144. The highest BCUT2D eigenvalue weighted by atomic mass is 32.2. The van der Waals surface area contributed by atoms with Crippen molar-refractivity contribution in [2.45, 2.75) is 23.6 Å². The minimum Gasteiger partial charge on any atom is -0.399 e. The molecule has 0 heterocycles. The summed E-state index contributed by atoms with van der Waals surface area (Å²) in [6.45, 7) is 3.79. The number of rotatable bonds is 6. The maximum Gasteiger partial charge on any atom is 0.295 e. The molecule has 0 radical (unpaired) electrons. The normalized spacial score (nSPS) is 12.6. The molecule has 0 aliphatic carbocycles. The Labute approximate surface area is 212 Å². The van der Waals surface area contributed by atoms with E-state index in [-0.39, 0.29) is 16.5 Å². The van der Waals surface area contributed by atoms with Gasteiger partial charge in [-0.15, -0.1) is 0 Å². The molecule has 11 nitrogen and oxygen atoms in total. The minimum atomic E-state index is -4.81. The predicted molar refractivity (Wildman–Crippen MR) is 139 cm³/mol. The zero-order valence-electron chi connectivity index (χ0n) is 19.6. The second-order valence-corrected chi connectivity index (χ2v) is 11.0. The van der Waals surface area contributed by atoms with Crippen LogP contribution in [0.4, 0.5) is 28.4 Å². The second-order valence-electron chi connectivity index (χ2n) is 8.19. The number of azo groups is 2. The van der Waals surface area contributed by atoms with E-state index >= 15 is 0 Å². The molecule has 0 aliphatic rings. The van der Waals surface area contributed by atoms with Gasteiger partial charge in [0.1, 0.15) is 4.90 Å². The monoisotopic (exact) mass is 539 g/mol. The third kappa shape index (κ3) is 6.03. The summed E-state index contributed by atoms with van der Waals surface area (Å²) in [7, 11) is -9.51. The van der Waals surface area contributed by atoms with Crippen LogP contribution in [0.1, 0.15) is 11.1 Å². The van der Waals surface area contributed by atoms with Gasteiger partial charge in [0, 0.05) is 11.1 Å². The molecule has 0 saturated heterocycles. The van der Waals surface area contributed by atoms with Crippen molar-refractivity contribution in [1.82, 2.24) is 0 Å². The average Bonchev–Trinajstić information content (AvgIpc) is 2.82. The molecule has 0 amide bonds. The van der Waals surface area contributed by atoms with Crippen molar-refractivity contribution >= 4 is 59.4 Å². The van der Waals surface area contributed by atoms with E-state index in [1.165, 1.54) is 18.2 Å². The van der Waals surface area contributed by atoms with Crippen molar-refractivity contribution in [2.75, 3.05) is 5.73 Å². The van der Waals surface area contributed by atoms with Crippen molar-refractivity contribution in [1.29, 1.82) is 0 Å². The molecule has 0 spiro atoms. The van der Waals surface area contributed by atoms with Crippen molar-refractivity contribution in [3.8, 4) is 0 Å². The first-order valence-corrected chi connectivity index (χ1v) is 13.5. The van der Waals surface area contributed by atoms with E-state index in [0.717, 1.165) is 17.2 Å². The van der Waals surface area contributed by atoms with E-state index in [0.29, 0.717) is 28.8 Å². The Morgan fingerprint density at radius 2 is 1.22 bits per heavy atom.